The van der Waals surface area contributed by atoms with Crippen molar-refractivity contribution in [2.75, 3.05) is 0 Å². The van der Waals surface area contributed by atoms with Crippen LogP contribution in [0, 0.1) is 13.8 Å². The Kier molecular flexibility index (Phi) is 3.51. The molecule has 84 valence electrons. The van der Waals surface area contributed by atoms with Gasteiger partial charge in [0.2, 0.25) is 0 Å². The lowest BCUT2D eigenvalue weighted by Gasteiger charge is -2.04. The maximum Gasteiger partial charge on any atom is 0.161 e. The van der Waals surface area contributed by atoms with Crippen molar-refractivity contribution in [2.24, 2.45) is 0 Å². The van der Waals surface area contributed by atoms with Crippen molar-refractivity contribution in [3.63, 3.8) is 0 Å². The van der Waals surface area contributed by atoms with Crippen molar-refractivity contribution in [2.45, 2.75) is 24.6 Å². The average molecular weight is 255 g/mol. The molecule has 0 amide bonds. The largest absolute Gasteiger partial charge is 0.468 e. The standard InChI is InChI=1S/C11H11ClN2OS/c1-7-8(2)14-11(10(12)13-7)16-6-9-4-3-5-15-9/h3-5H,6H2,1-2H3. The first-order valence-corrected chi connectivity index (χ1v) is 6.19. The number of halogens is 1. The highest BCUT2D eigenvalue weighted by molar-refractivity contribution is 7.98. The molecule has 0 saturated heterocycles. The van der Waals surface area contributed by atoms with E-state index in [1.165, 1.54) is 11.8 Å². The normalized spacial score (nSPS) is 10.7. The summed E-state index contributed by atoms with van der Waals surface area (Å²) < 4.78 is 5.24. The minimum atomic E-state index is 0.458. The van der Waals surface area contributed by atoms with Crippen LogP contribution < -0.4 is 0 Å². The molecule has 2 heterocycles. The molecular formula is C11H11ClN2OS. The first kappa shape index (κ1) is 11.5. The van der Waals surface area contributed by atoms with Gasteiger partial charge in [-0.25, -0.2) is 9.97 Å². The molecule has 0 unspecified atom stereocenters. The quantitative estimate of drug-likeness (QED) is 0.784. The van der Waals surface area contributed by atoms with E-state index in [0.29, 0.717) is 10.9 Å². The SMILES string of the molecule is Cc1nc(Cl)c(SCc2ccco2)nc1C. The molecule has 0 radical (unpaired) electrons. The number of rotatable bonds is 3. The van der Waals surface area contributed by atoms with Crippen LogP contribution in [0.2, 0.25) is 5.15 Å². The van der Waals surface area contributed by atoms with Crippen molar-refractivity contribution in [1.29, 1.82) is 0 Å². The Labute approximate surface area is 103 Å². The number of thioether (sulfide) groups is 1. The summed E-state index contributed by atoms with van der Waals surface area (Å²) in [5.74, 6) is 1.62. The lowest BCUT2D eigenvalue weighted by molar-refractivity contribution is 0.530. The molecule has 0 fully saturated rings. The van der Waals surface area contributed by atoms with Gasteiger partial charge in [-0.2, -0.15) is 0 Å². The van der Waals surface area contributed by atoms with Gasteiger partial charge in [0, 0.05) is 0 Å². The van der Waals surface area contributed by atoms with Gasteiger partial charge < -0.3 is 4.42 Å². The number of aromatic nitrogens is 2. The summed E-state index contributed by atoms with van der Waals surface area (Å²) in [5, 5.41) is 1.21. The van der Waals surface area contributed by atoms with Crippen LogP contribution in [0.4, 0.5) is 0 Å². The second-order valence-electron chi connectivity index (χ2n) is 3.36. The van der Waals surface area contributed by atoms with Crippen LogP contribution in [-0.4, -0.2) is 9.97 Å². The van der Waals surface area contributed by atoms with Crippen LogP contribution in [0.1, 0.15) is 17.1 Å². The summed E-state index contributed by atoms with van der Waals surface area (Å²) in [7, 11) is 0. The third-order valence-corrected chi connectivity index (χ3v) is 3.53. The second-order valence-corrected chi connectivity index (χ2v) is 4.68. The zero-order valence-electron chi connectivity index (χ0n) is 9.03. The number of hydrogen-bond donors (Lipinski definition) is 0. The van der Waals surface area contributed by atoms with E-state index in [4.69, 9.17) is 16.0 Å². The third kappa shape index (κ3) is 2.57. The van der Waals surface area contributed by atoms with E-state index in [1.807, 2.05) is 26.0 Å². The van der Waals surface area contributed by atoms with E-state index < -0.39 is 0 Å². The molecule has 2 aromatic rings. The summed E-state index contributed by atoms with van der Waals surface area (Å²) in [6, 6.07) is 3.79. The van der Waals surface area contributed by atoms with Gasteiger partial charge in [-0.3, -0.25) is 0 Å². The fraction of sp³-hybridized carbons (Fsp3) is 0.273. The van der Waals surface area contributed by atoms with Crippen molar-refractivity contribution in [1.82, 2.24) is 9.97 Å². The Hall–Kier alpha value is -1.00. The predicted octanol–water partition coefficient (Wildman–Crippen LogP) is 3.63. The van der Waals surface area contributed by atoms with Gasteiger partial charge in [0.15, 0.2) is 5.15 Å². The molecule has 0 aliphatic rings. The molecule has 0 saturated carbocycles. The monoisotopic (exact) mass is 254 g/mol. The minimum absolute atomic E-state index is 0.458. The van der Waals surface area contributed by atoms with Gasteiger partial charge >= 0.3 is 0 Å². The molecule has 2 rings (SSSR count). The number of aryl methyl sites for hydroxylation is 2. The van der Waals surface area contributed by atoms with Crippen LogP contribution >= 0.6 is 23.4 Å². The van der Waals surface area contributed by atoms with Crippen LogP contribution in [0.3, 0.4) is 0 Å². The van der Waals surface area contributed by atoms with Crippen molar-refractivity contribution in [3.05, 3.63) is 40.7 Å². The van der Waals surface area contributed by atoms with Crippen molar-refractivity contribution < 1.29 is 4.42 Å². The first-order chi connectivity index (χ1) is 7.66. The van der Waals surface area contributed by atoms with Gasteiger partial charge in [0.05, 0.1) is 23.4 Å². The number of furan rings is 1. The Morgan fingerprint density at radius 3 is 2.75 bits per heavy atom. The Bertz CT molecular complexity index is 485. The molecule has 0 N–H and O–H groups in total. The van der Waals surface area contributed by atoms with E-state index in [-0.39, 0.29) is 0 Å². The molecule has 16 heavy (non-hydrogen) atoms. The van der Waals surface area contributed by atoms with Crippen LogP contribution in [0.15, 0.2) is 27.8 Å². The maximum atomic E-state index is 6.02. The van der Waals surface area contributed by atoms with E-state index in [1.54, 1.807) is 6.26 Å². The Morgan fingerprint density at radius 1 is 1.31 bits per heavy atom. The number of nitrogens with zero attached hydrogens (tertiary/aromatic N) is 2. The molecule has 0 aliphatic carbocycles. The van der Waals surface area contributed by atoms with Crippen molar-refractivity contribution in [3.8, 4) is 0 Å². The molecule has 0 spiro atoms. The van der Waals surface area contributed by atoms with Crippen LogP contribution in [-0.2, 0) is 5.75 Å². The van der Waals surface area contributed by atoms with E-state index in [9.17, 15) is 0 Å². The predicted molar refractivity (Wildman–Crippen MR) is 64.8 cm³/mol. The molecule has 3 nitrogen and oxygen atoms in total. The fourth-order valence-electron chi connectivity index (χ4n) is 1.18. The lowest BCUT2D eigenvalue weighted by atomic mass is 10.4. The molecule has 5 heteroatoms. The molecule has 0 atom stereocenters. The Morgan fingerprint density at radius 2 is 2.06 bits per heavy atom. The second kappa shape index (κ2) is 4.89. The fourth-order valence-corrected chi connectivity index (χ4v) is 2.32. The van der Waals surface area contributed by atoms with Gasteiger partial charge in [-0.15, -0.1) is 0 Å². The van der Waals surface area contributed by atoms with E-state index in [2.05, 4.69) is 9.97 Å². The maximum absolute atomic E-state index is 6.02. The minimum Gasteiger partial charge on any atom is -0.468 e. The third-order valence-electron chi connectivity index (χ3n) is 2.17. The topological polar surface area (TPSA) is 38.9 Å². The van der Waals surface area contributed by atoms with Crippen LogP contribution in [0.5, 0.6) is 0 Å². The zero-order chi connectivity index (χ0) is 11.5. The van der Waals surface area contributed by atoms with Crippen LogP contribution in [0.25, 0.3) is 0 Å². The molecular weight excluding hydrogens is 244 g/mol. The molecule has 2 aromatic heterocycles. The summed E-state index contributed by atoms with van der Waals surface area (Å²) in [6.07, 6.45) is 1.66. The highest BCUT2D eigenvalue weighted by Gasteiger charge is 2.08. The van der Waals surface area contributed by atoms with Gasteiger partial charge in [-0.05, 0) is 26.0 Å². The zero-order valence-corrected chi connectivity index (χ0v) is 10.6. The van der Waals surface area contributed by atoms with Gasteiger partial charge in [-0.1, -0.05) is 23.4 Å². The summed E-state index contributed by atoms with van der Waals surface area (Å²) in [5.41, 5.74) is 1.78. The highest BCUT2D eigenvalue weighted by atomic mass is 35.5. The summed E-state index contributed by atoms with van der Waals surface area (Å²) in [6.45, 7) is 3.82. The molecule has 0 bridgehead atoms. The molecule has 0 aromatic carbocycles. The lowest BCUT2D eigenvalue weighted by Crippen LogP contribution is -1.95. The van der Waals surface area contributed by atoms with Gasteiger partial charge in [0.1, 0.15) is 10.8 Å². The summed E-state index contributed by atoms with van der Waals surface area (Å²) in [4.78, 5) is 8.62. The Balaban J connectivity index is 2.12. The van der Waals surface area contributed by atoms with E-state index in [0.717, 1.165) is 22.2 Å². The average Bonchev–Trinajstić information content (AvgIpc) is 2.74. The molecule has 0 aliphatic heterocycles. The smallest absolute Gasteiger partial charge is 0.161 e. The summed E-state index contributed by atoms with van der Waals surface area (Å²) >= 11 is 7.54. The van der Waals surface area contributed by atoms with E-state index >= 15 is 0 Å². The van der Waals surface area contributed by atoms with Crippen molar-refractivity contribution >= 4 is 23.4 Å². The highest BCUT2D eigenvalue weighted by Crippen LogP contribution is 2.27. The number of hydrogen-bond acceptors (Lipinski definition) is 4. The first-order valence-electron chi connectivity index (χ1n) is 4.82. The van der Waals surface area contributed by atoms with Gasteiger partial charge in [0.25, 0.3) is 0 Å².